The number of nitrogens with one attached hydrogen (secondary N) is 1. The normalized spacial score (nSPS) is 17.0. The van der Waals surface area contributed by atoms with Crippen LogP contribution in [0.4, 0.5) is 0 Å². The summed E-state index contributed by atoms with van der Waals surface area (Å²) in [5.74, 6) is -0.382. The molecule has 0 bridgehead atoms. The van der Waals surface area contributed by atoms with E-state index in [2.05, 4.69) is 10.5 Å². The summed E-state index contributed by atoms with van der Waals surface area (Å²) in [6, 6.07) is 12.2. The molecule has 1 aromatic carbocycles. The zero-order chi connectivity index (χ0) is 17.7. The Hall–Kier alpha value is -2.03. The van der Waals surface area contributed by atoms with Crippen molar-refractivity contribution in [1.29, 1.82) is 0 Å². The minimum atomic E-state index is -3.48. The van der Waals surface area contributed by atoms with Crippen molar-refractivity contribution in [3.63, 3.8) is 0 Å². The highest BCUT2D eigenvalue weighted by molar-refractivity contribution is 7.89. The summed E-state index contributed by atoms with van der Waals surface area (Å²) in [5.41, 5.74) is 2.55. The molecule has 0 spiro atoms. The van der Waals surface area contributed by atoms with Crippen LogP contribution in [0.1, 0.15) is 17.7 Å². The van der Waals surface area contributed by atoms with Gasteiger partial charge in [-0.05, 0) is 36.4 Å². The predicted molar refractivity (Wildman–Crippen MR) is 98.0 cm³/mol. The van der Waals surface area contributed by atoms with Gasteiger partial charge in [0.05, 0.1) is 11.1 Å². The summed E-state index contributed by atoms with van der Waals surface area (Å²) in [4.78, 5) is 13.4. The molecule has 2 aromatic rings. The topological polar surface area (TPSA) is 78.8 Å². The molecule has 0 unspecified atom stereocenters. The number of rotatable bonds is 5. The SMILES string of the molecule is O=C(N/N=C\c1cccs1)C1CCN(S(=O)(=O)c2ccccc2)CC1. The molecule has 0 saturated carbocycles. The zero-order valence-corrected chi connectivity index (χ0v) is 15.2. The first-order chi connectivity index (χ1) is 12.1. The first kappa shape index (κ1) is 17.8. The van der Waals surface area contributed by atoms with E-state index in [0.29, 0.717) is 30.8 Å². The van der Waals surface area contributed by atoms with Crippen molar-refractivity contribution in [1.82, 2.24) is 9.73 Å². The highest BCUT2D eigenvalue weighted by Gasteiger charge is 2.31. The van der Waals surface area contributed by atoms with E-state index >= 15 is 0 Å². The Bertz CT molecular complexity index is 825. The maximum Gasteiger partial charge on any atom is 0.243 e. The van der Waals surface area contributed by atoms with E-state index in [1.54, 1.807) is 36.5 Å². The second kappa shape index (κ2) is 7.90. The van der Waals surface area contributed by atoms with Crippen LogP contribution in [0, 0.1) is 5.92 Å². The molecule has 1 aliphatic heterocycles. The number of carbonyl (C=O) groups excluding carboxylic acids is 1. The van der Waals surface area contributed by atoms with Gasteiger partial charge in [0.1, 0.15) is 0 Å². The first-order valence-electron chi connectivity index (χ1n) is 7.99. The Balaban J connectivity index is 1.54. The van der Waals surface area contributed by atoms with Crippen molar-refractivity contribution < 1.29 is 13.2 Å². The average Bonchev–Trinajstić information content (AvgIpc) is 3.16. The van der Waals surface area contributed by atoms with Gasteiger partial charge in [-0.2, -0.15) is 9.41 Å². The lowest BCUT2D eigenvalue weighted by Gasteiger charge is -2.30. The van der Waals surface area contributed by atoms with Crippen molar-refractivity contribution in [2.24, 2.45) is 11.0 Å². The third-order valence-electron chi connectivity index (χ3n) is 4.12. The Kier molecular flexibility index (Phi) is 5.62. The third-order valence-corrected chi connectivity index (χ3v) is 6.84. The van der Waals surface area contributed by atoms with Gasteiger partial charge in [-0.3, -0.25) is 4.79 Å². The van der Waals surface area contributed by atoms with Crippen molar-refractivity contribution in [2.75, 3.05) is 13.1 Å². The molecular weight excluding hydrogens is 358 g/mol. The van der Waals surface area contributed by atoms with Gasteiger partial charge in [0.25, 0.3) is 0 Å². The van der Waals surface area contributed by atoms with E-state index in [-0.39, 0.29) is 11.8 Å². The molecule has 132 valence electrons. The molecule has 25 heavy (non-hydrogen) atoms. The van der Waals surface area contributed by atoms with E-state index in [9.17, 15) is 13.2 Å². The summed E-state index contributed by atoms with van der Waals surface area (Å²) in [6.07, 6.45) is 2.59. The number of hydrazone groups is 1. The van der Waals surface area contributed by atoms with Crippen molar-refractivity contribution in [2.45, 2.75) is 17.7 Å². The van der Waals surface area contributed by atoms with Crippen LogP contribution in [0.15, 0.2) is 57.8 Å². The maximum absolute atomic E-state index is 12.6. The van der Waals surface area contributed by atoms with E-state index in [1.165, 1.54) is 15.6 Å². The molecule has 0 atom stereocenters. The fourth-order valence-corrected chi connectivity index (χ4v) is 4.79. The van der Waals surface area contributed by atoms with Crippen LogP contribution in [-0.2, 0) is 14.8 Å². The van der Waals surface area contributed by atoms with Crippen LogP contribution in [0.25, 0.3) is 0 Å². The second-order valence-corrected chi connectivity index (χ2v) is 8.66. The Labute approximate surface area is 151 Å². The molecule has 0 radical (unpaired) electrons. The van der Waals surface area contributed by atoms with Gasteiger partial charge >= 0.3 is 0 Å². The van der Waals surface area contributed by atoms with Crippen LogP contribution < -0.4 is 5.43 Å². The minimum absolute atomic E-state index is 0.162. The van der Waals surface area contributed by atoms with Gasteiger partial charge in [0.2, 0.25) is 15.9 Å². The standard InChI is InChI=1S/C17H19N3O3S2/c21-17(19-18-13-15-5-4-12-24-15)14-8-10-20(11-9-14)25(22,23)16-6-2-1-3-7-16/h1-7,12-14H,8-11H2,(H,19,21)/b18-13-. The van der Waals surface area contributed by atoms with Gasteiger partial charge in [0, 0.05) is 23.9 Å². The Morgan fingerprint density at radius 1 is 1.16 bits per heavy atom. The smallest absolute Gasteiger partial charge is 0.243 e. The van der Waals surface area contributed by atoms with Crippen molar-refractivity contribution in [3.05, 3.63) is 52.7 Å². The monoisotopic (exact) mass is 377 g/mol. The molecule has 1 N–H and O–H groups in total. The quantitative estimate of drug-likeness (QED) is 0.641. The van der Waals surface area contributed by atoms with Gasteiger partial charge in [-0.25, -0.2) is 13.8 Å². The van der Waals surface area contributed by atoms with Gasteiger partial charge < -0.3 is 0 Å². The highest BCUT2D eigenvalue weighted by atomic mass is 32.2. The van der Waals surface area contributed by atoms with E-state index in [1.807, 2.05) is 17.5 Å². The first-order valence-corrected chi connectivity index (χ1v) is 10.3. The number of amides is 1. The Morgan fingerprint density at radius 3 is 2.52 bits per heavy atom. The molecule has 1 fully saturated rings. The predicted octanol–water partition coefficient (Wildman–Crippen LogP) is 2.30. The molecule has 3 rings (SSSR count). The van der Waals surface area contributed by atoms with E-state index in [4.69, 9.17) is 0 Å². The summed E-state index contributed by atoms with van der Waals surface area (Å²) < 4.78 is 26.6. The number of hydrogen-bond donors (Lipinski definition) is 1. The zero-order valence-electron chi connectivity index (χ0n) is 13.5. The van der Waals surface area contributed by atoms with Gasteiger partial charge in [0.15, 0.2) is 0 Å². The van der Waals surface area contributed by atoms with Crippen LogP contribution in [0.3, 0.4) is 0 Å². The lowest BCUT2D eigenvalue weighted by molar-refractivity contribution is -0.126. The molecule has 2 heterocycles. The summed E-state index contributed by atoms with van der Waals surface area (Å²) in [5, 5.41) is 5.89. The van der Waals surface area contributed by atoms with Crippen LogP contribution >= 0.6 is 11.3 Å². The average molecular weight is 377 g/mol. The molecule has 8 heteroatoms. The number of benzene rings is 1. The third kappa shape index (κ3) is 4.33. The second-order valence-electron chi connectivity index (χ2n) is 5.74. The molecule has 0 aliphatic carbocycles. The molecule has 1 aliphatic rings. The van der Waals surface area contributed by atoms with Crippen LogP contribution in [0.2, 0.25) is 0 Å². The molecular formula is C17H19N3O3S2. The maximum atomic E-state index is 12.6. The fourth-order valence-electron chi connectivity index (χ4n) is 2.72. The summed E-state index contributed by atoms with van der Waals surface area (Å²) in [7, 11) is -3.48. The largest absolute Gasteiger partial charge is 0.273 e. The van der Waals surface area contributed by atoms with Crippen LogP contribution in [0.5, 0.6) is 0 Å². The van der Waals surface area contributed by atoms with Gasteiger partial charge in [-0.1, -0.05) is 24.3 Å². The van der Waals surface area contributed by atoms with Crippen LogP contribution in [-0.4, -0.2) is 37.9 Å². The van der Waals surface area contributed by atoms with Crippen molar-refractivity contribution in [3.8, 4) is 0 Å². The fraction of sp³-hybridized carbons (Fsp3) is 0.294. The number of sulfonamides is 1. The number of carbonyl (C=O) groups is 1. The van der Waals surface area contributed by atoms with E-state index < -0.39 is 10.0 Å². The molecule has 6 nitrogen and oxygen atoms in total. The van der Waals surface area contributed by atoms with E-state index in [0.717, 1.165) is 4.88 Å². The molecule has 1 saturated heterocycles. The molecule has 1 amide bonds. The lowest BCUT2D eigenvalue weighted by atomic mass is 9.98. The van der Waals surface area contributed by atoms with Crippen molar-refractivity contribution >= 4 is 33.5 Å². The molecule has 1 aromatic heterocycles. The minimum Gasteiger partial charge on any atom is -0.273 e. The summed E-state index contributed by atoms with van der Waals surface area (Å²) in [6.45, 7) is 0.675. The Morgan fingerprint density at radius 2 is 1.88 bits per heavy atom. The summed E-state index contributed by atoms with van der Waals surface area (Å²) >= 11 is 1.54. The number of hydrogen-bond acceptors (Lipinski definition) is 5. The highest BCUT2D eigenvalue weighted by Crippen LogP contribution is 2.23. The number of piperidine rings is 1. The lowest BCUT2D eigenvalue weighted by Crippen LogP contribution is -2.42. The number of thiophene rings is 1. The number of nitrogens with zero attached hydrogens (tertiary/aromatic N) is 2. The van der Waals surface area contributed by atoms with Gasteiger partial charge in [-0.15, -0.1) is 11.3 Å².